The molecule has 3 N–H and O–H groups in total. The maximum Gasteiger partial charge on any atom is 0.472 e. The molecule has 3 atom stereocenters. The van der Waals surface area contributed by atoms with E-state index in [2.05, 4.69) is 79.9 Å². The highest BCUT2D eigenvalue weighted by Crippen LogP contribution is 2.43. The first kappa shape index (κ1) is 86.2. The standard InChI is InChI=1S/C79H151N2O6P/c1-6-8-10-12-14-16-18-20-22-24-26-28-30-32-34-36-38-39-40-41-43-45-47-49-51-53-55-57-59-61-63-65-67-69-71-73-79(83)80-77(76-87-88(84,85)86-75-74-81(3,4)5)78(82)72-70-68-66-64-62-60-58-56-54-52-50-48-46-44-42-37-35-33-31-29-27-25-23-21-19-17-15-13-11-9-7-2/h8,10,14,16,20,22,26,28,32,34,77-78,82H,6-7,9,11-13,15,17-19,21,23-25,27,29-31,33,35-76H2,1-5H3,(H-,80,83,84,85)/p+1/b10-8-,16-14-,22-20-,28-26-,34-32-. The van der Waals surface area contributed by atoms with Crippen molar-refractivity contribution in [1.29, 1.82) is 0 Å². The molecule has 518 valence electrons. The Bertz CT molecular complexity index is 1620. The number of phosphoric ester groups is 1. The fourth-order valence-electron chi connectivity index (χ4n) is 11.8. The number of aliphatic hydroxyl groups is 1. The molecule has 0 saturated carbocycles. The summed E-state index contributed by atoms with van der Waals surface area (Å²) in [7, 11) is 1.63. The van der Waals surface area contributed by atoms with Crippen molar-refractivity contribution >= 4 is 13.7 Å². The van der Waals surface area contributed by atoms with Gasteiger partial charge in [-0.3, -0.25) is 13.8 Å². The van der Waals surface area contributed by atoms with Crippen molar-refractivity contribution in [3.63, 3.8) is 0 Å². The predicted molar refractivity (Wildman–Crippen MR) is 387 cm³/mol. The van der Waals surface area contributed by atoms with Gasteiger partial charge in [-0.2, -0.15) is 0 Å². The van der Waals surface area contributed by atoms with Gasteiger partial charge in [0.15, 0.2) is 0 Å². The van der Waals surface area contributed by atoms with Crippen molar-refractivity contribution in [1.82, 2.24) is 5.32 Å². The van der Waals surface area contributed by atoms with E-state index in [4.69, 9.17) is 9.05 Å². The molecule has 0 rings (SSSR count). The maximum absolute atomic E-state index is 13.1. The quantitative estimate of drug-likeness (QED) is 0.0243. The zero-order valence-electron chi connectivity index (χ0n) is 59.5. The number of aliphatic hydroxyl groups excluding tert-OH is 1. The molecule has 0 aliphatic rings. The Morgan fingerprint density at radius 3 is 1.00 bits per heavy atom. The van der Waals surface area contributed by atoms with Crippen LogP contribution in [0.1, 0.15) is 386 Å². The lowest BCUT2D eigenvalue weighted by Gasteiger charge is -2.26. The van der Waals surface area contributed by atoms with Crippen LogP contribution >= 0.6 is 7.82 Å². The molecule has 0 aromatic rings. The number of quaternary nitrogens is 1. The SMILES string of the molecule is CC/C=C\C/C=C\C/C=C\C/C=C\C/C=C\CCCCCCCCCCCCCCCCCCCCCC(=O)NC(COP(=O)(O)OCC[N+](C)(C)C)C(O)CCCCCCCCCCCCCCCCCCCCCCCCCCCCCCCCC. The van der Waals surface area contributed by atoms with Gasteiger partial charge in [-0.05, 0) is 57.8 Å². The van der Waals surface area contributed by atoms with Gasteiger partial charge in [-0.1, -0.05) is 383 Å². The molecule has 0 aromatic carbocycles. The Morgan fingerprint density at radius 2 is 0.682 bits per heavy atom. The minimum absolute atomic E-state index is 0.0757. The number of phosphoric acid groups is 1. The number of hydrogen-bond donors (Lipinski definition) is 3. The van der Waals surface area contributed by atoms with Crippen molar-refractivity contribution in [3.05, 3.63) is 60.8 Å². The van der Waals surface area contributed by atoms with Gasteiger partial charge in [0.1, 0.15) is 13.2 Å². The van der Waals surface area contributed by atoms with E-state index in [-0.39, 0.29) is 19.1 Å². The third-order valence-electron chi connectivity index (χ3n) is 17.8. The van der Waals surface area contributed by atoms with Crippen LogP contribution in [0.2, 0.25) is 0 Å². The van der Waals surface area contributed by atoms with Gasteiger partial charge in [-0.25, -0.2) is 4.57 Å². The summed E-state index contributed by atoms with van der Waals surface area (Å²) in [5, 5.41) is 14.2. The van der Waals surface area contributed by atoms with E-state index in [1.165, 1.54) is 289 Å². The fraction of sp³-hybridized carbons (Fsp3) is 0.861. The first-order chi connectivity index (χ1) is 43.0. The molecule has 8 nitrogen and oxygen atoms in total. The molecule has 0 aromatic heterocycles. The Kier molecular flexibility index (Phi) is 68.1. The summed E-state index contributed by atoms with van der Waals surface area (Å²) in [6.07, 6.45) is 96.4. The number of unbranched alkanes of at least 4 members (excludes halogenated alkanes) is 49. The number of allylic oxidation sites excluding steroid dienone is 10. The van der Waals surface area contributed by atoms with Crippen molar-refractivity contribution in [3.8, 4) is 0 Å². The molecule has 0 heterocycles. The number of amides is 1. The number of nitrogens with zero attached hydrogens (tertiary/aromatic N) is 1. The van der Waals surface area contributed by atoms with Gasteiger partial charge < -0.3 is 19.8 Å². The summed E-state index contributed by atoms with van der Waals surface area (Å²) in [5.74, 6) is -0.137. The molecule has 0 aliphatic carbocycles. The highest BCUT2D eigenvalue weighted by molar-refractivity contribution is 7.47. The second kappa shape index (κ2) is 69.5. The van der Waals surface area contributed by atoms with Gasteiger partial charge in [0, 0.05) is 6.42 Å². The molecule has 0 spiro atoms. The molecule has 88 heavy (non-hydrogen) atoms. The normalized spacial score (nSPS) is 13.9. The first-order valence-corrected chi connectivity index (χ1v) is 40.1. The van der Waals surface area contributed by atoms with E-state index in [0.717, 1.165) is 70.6 Å². The van der Waals surface area contributed by atoms with Crippen molar-refractivity contribution in [2.75, 3.05) is 40.9 Å². The van der Waals surface area contributed by atoms with Crippen LogP contribution in [0.5, 0.6) is 0 Å². The van der Waals surface area contributed by atoms with E-state index in [9.17, 15) is 19.4 Å². The summed E-state index contributed by atoms with van der Waals surface area (Å²) >= 11 is 0. The van der Waals surface area contributed by atoms with Crippen LogP contribution in [0.4, 0.5) is 0 Å². The minimum Gasteiger partial charge on any atom is -0.391 e. The maximum atomic E-state index is 13.1. The molecule has 1 amide bonds. The largest absolute Gasteiger partial charge is 0.472 e. The van der Waals surface area contributed by atoms with Gasteiger partial charge in [-0.15, -0.1) is 0 Å². The monoisotopic (exact) mass is 1260 g/mol. The van der Waals surface area contributed by atoms with Crippen LogP contribution in [-0.4, -0.2) is 73.4 Å². The number of carbonyl (C=O) groups excluding carboxylic acids is 1. The average molecular weight is 1260 g/mol. The fourth-order valence-corrected chi connectivity index (χ4v) is 12.6. The van der Waals surface area contributed by atoms with Crippen molar-refractivity contribution in [2.24, 2.45) is 0 Å². The van der Waals surface area contributed by atoms with Crippen LogP contribution in [0.3, 0.4) is 0 Å². The Hall–Kier alpha value is -1.80. The topological polar surface area (TPSA) is 105 Å². The molecule has 0 aliphatic heterocycles. The summed E-state index contributed by atoms with van der Waals surface area (Å²) in [6, 6.07) is -0.763. The molecular weight excluding hydrogens is 1100 g/mol. The molecule has 0 saturated heterocycles. The van der Waals surface area contributed by atoms with Gasteiger partial charge in [0.05, 0.1) is 39.9 Å². The number of nitrogens with one attached hydrogen (secondary N) is 1. The molecule has 9 heteroatoms. The number of likely N-dealkylation sites (N-methyl/N-ethyl adjacent to an activating group) is 1. The average Bonchev–Trinajstić information content (AvgIpc) is 3.64. The lowest BCUT2D eigenvalue weighted by atomic mass is 10.0. The minimum atomic E-state index is -4.33. The highest BCUT2D eigenvalue weighted by atomic mass is 31.2. The van der Waals surface area contributed by atoms with E-state index in [1.807, 2.05) is 21.1 Å². The molecular formula is C79H152N2O6P+. The Balaban J connectivity index is 3.95. The van der Waals surface area contributed by atoms with E-state index < -0.39 is 20.0 Å². The smallest absolute Gasteiger partial charge is 0.391 e. The van der Waals surface area contributed by atoms with Crippen LogP contribution in [-0.2, 0) is 18.4 Å². The second-order valence-corrected chi connectivity index (χ2v) is 29.2. The molecule has 0 radical (unpaired) electrons. The van der Waals surface area contributed by atoms with Gasteiger partial charge >= 0.3 is 7.82 Å². The first-order valence-electron chi connectivity index (χ1n) is 38.7. The number of rotatable bonds is 72. The predicted octanol–water partition coefficient (Wildman–Crippen LogP) is 25.1. The summed E-state index contributed by atoms with van der Waals surface area (Å²) in [4.78, 5) is 23.5. The van der Waals surface area contributed by atoms with E-state index >= 15 is 0 Å². The molecule has 3 unspecified atom stereocenters. The lowest BCUT2D eigenvalue weighted by molar-refractivity contribution is -0.870. The third kappa shape index (κ3) is 71.6. The van der Waals surface area contributed by atoms with Crippen LogP contribution in [0, 0.1) is 0 Å². The zero-order chi connectivity index (χ0) is 64.1. The lowest BCUT2D eigenvalue weighted by Crippen LogP contribution is -2.46. The summed E-state index contributed by atoms with van der Waals surface area (Å²) < 4.78 is 24.0. The molecule has 0 fully saturated rings. The Morgan fingerprint density at radius 1 is 0.398 bits per heavy atom. The number of carbonyl (C=O) groups is 1. The number of hydrogen-bond acceptors (Lipinski definition) is 5. The van der Waals surface area contributed by atoms with Crippen LogP contribution in [0.25, 0.3) is 0 Å². The second-order valence-electron chi connectivity index (χ2n) is 27.7. The van der Waals surface area contributed by atoms with Crippen molar-refractivity contribution in [2.45, 2.75) is 398 Å². The van der Waals surface area contributed by atoms with E-state index in [1.54, 1.807) is 0 Å². The van der Waals surface area contributed by atoms with Crippen molar-refractivity contribution < 1.29 is 32.9 Å². The van der Waals surface area contributed by atoms with E-state index in [0.29, 0.717) is 23.9 Å². The summed E-state index contributed by atoms with van der Waals surface area (Å²) in [5.41, 5.74) is 0. The van der Waals surface area contributed by atoms with Crippen LogP contribution < -0.4 is 5.32 Å². The van der Waals surface area contributed by atoms with Gasteiger partial charge in [0.2, 0.25) is 5.91 Å². The summed E-state index contributed by atoms with van der Waals surface area (Å²) in [6.45, 7) is 4.83. The molecule has 0 bridgehead atoms. The third-order valence-corrected chi connectivity index (χ3v) is 18.8. The highest BCUT2D eigenvalue weighted by Gasteiger charge is 2.28. The van der Waals surface area contributed by atoms with Crippen LogP contribution in [0.15, 0.2) is 60.8 Å². The zero-order valence-corrected chi connectivity index (χ0v) is 60.4. The van der Waals surface area contributed by atoms with Gasteiger partial charge in [0.25, 0.3) is 0 Å². The Labute approximate surface area is 549 Å².